The van der Waals surface area contributed by atoms with Gasteiger partial charge in [-0.3, -0.25) is 0 Å². The van der Waals surface area contributed by atoms with Gasteiger partial charge in [-0.15, -0.1) is 0 Å². The lowest BCUT2D eigenvalue weighted by atomic mass is 10.0. The molecule has 0 saturated heterocycles. The summed E-state index contributed by atoms with van der Waals surface area (Å²) < 4.78 is 27.5. The van der Waals surface area contributed by atoms with Gasteiger partial charge in [-0.2, -0.15) is 0 Å². The zero-order chi connectivity index (χ0) is 15.6. The third kappa shape index (κ3) is 3.03. The predicted molar refractivity (Wildman–Crippen MR) is 89.1 cm³/mol. The molecule has 0 heterocycles. The summed E-state index contributed by atoms with van der Waals surface area (Å²) in [5.41, 5.74) is 0.943. The Labute approximate surface area is 130 Å². The highest BCUT2D eigenvalue weighted by atomic mass is 32.2. The third-order valence-electron chi connectivity index (χ3n) is 3.66. The molecule has 0 saturated carbocycles. The van der Waals surface area contributed by atoms with Gasteiger partial charge in [0.1, 0.15) is 0 Å². The molecule has 0 radical (unpaired) electrons. The second-order valence-corrected chi connectivity index (χ2v) is 6.98. The number of nitrogens with one attached hydrogen (secondary N) is 1. The fourth-order valence-corrected chi connectivity index (χ4v) is 3.70. The van der Waals surface area contributed by atoms with Gasteiger partial charge in [-0.25, -0.2) is 13.1 Å². The van der Waals surface area contributed by atoms with Gasteiger partial charge in [-0.05, 0) is 41.5 Å². The van der Waals surface area contributed by atoms with Crippen LogP contribution in [0.4, 0.5) is 0 Å². The summed E-state index contributed by atoms with van der Waals surface area (Å²) in [5.74, 6) is 0. The van der Waals surface area contributed by atoms with Crippen molar-refractivity contribution in [3.63, 3.8) is 0 Å². The molecular formula is C18H17NO2S. The van der Waals surface area contributed by atoms with Gasteiger partial charge in [-0.1, -0.05) is 54.6 Å². The summed E-state index contributed by atoms with van der Waals surface area (Å²) in [4.78, 5) is 0.280. The molecule has 0 fully saturated rings. The molecule has 0 aromatic heterocycles. The van der Waals surface area contributed by atoms with Crippen LogP contribution in [0.15, 0.2) is 77.7 Å². The van der Waals surface area contributed by atoms with Crippen LogP contribution in [0.1, 0.15) is 18.5 Å². The molecule has 0 aliphatic carbocycles. The first kappa shape index (κ1) is 14.8. The van der Waals surface area contributed by atoms with Gasteiger partial charge >= 0.3 is 0 Å². The molecule has 3 rings (SSSR count). The van der Waals surface area contributed by atoms with Crippen molar-refractivity contribution in [2.75, 3.05) is 0 Å². The fourth-order valence-electron chi connectivity index (χ4n) is 2.45. The van der Waals surface area contributed by atoms with Crippen molar-refractivity contribution in [1.82, 2.24) is 4.72 Å². The molecule has 3 nitrogen and oxygen atoms in total. The van der Waals surface area contributed by atoms with Crippen LogP contribution in [0.3, 0.4) is 0 Å². The quantitative estimate of drug-likeness (QED) is 0.795. The van der Waals surface area contributed by atoms with Crippen molar-refractivity contribution < 1.29 is 8.42 Å². The zero-order valence-electron chi connectivity index (χ0n) is 12.2. The van der Waals surface area contributed by atoms with E-state index in [2.05, 4.69) is 4.72 Å². The van der Waals surface area contributed by atoms with Gasteiger partial charge in [0.2, 0.25) is 10.0 Å². The van der Waals surface area contributed by atoms with Crippen LogP contribution in [-0.4, -0.2) is 8.42 Å². The summed E-state index contributed by atoms with van der Waals surface area (Å²) in [6.45, 7) is 1.85. The van der Waals surface area contributed by atoms with Crippen LogP contribution >= 0.6 is 0 Å². The van der Waals surface area contributed by atoms with Crippen LogP contribution in [-0.2, 0) is 10.0 Å². The summed E-state index contributed by atoms with van der Waals surface area (Å²) in [7, 11) is -3.51. The number of sulfonamides is 1. The molecule has 1 atom stereocenters. The van der Waals surface area contributed by atoms with Crippen molar-refractivity contribution in [2.24, 2.45) is 0 Å². The molecule has 3 aromatic carbocycles. The zero-order valence-corrected chi connectivity index (χ0v) is 13.0. The number of rotatable bonds is 4. The van der Waals surface area contributed by atoms with Crippen LogP contribution in [0.25, 0.3) is 10.8 Å². The molecule has 0 aliphatic heterocycles. The Morgan fingerprint density at radius 1 is 0.818 bits per heavy atom. The van der Waals surface area contributed by atoms with E-state index in [4.69, 9.17) is 0 Å². The molecule has 0 amide bonds. The second kappa shape index (κ2) is 5.91. The van der Waals surface area contributed by atoms with Crippen molar-refractivity contribution >= 4 is 20.8 Å². The van der Waals surface area contributed by atoms with Crippen LogP contribution in [0.5, 0.6) is 0 Å². The largest absolute Gasteiger partial charge is 0.241 e. The first-order chi connectivity index (χ1) is 10.6. The molecule has 3 aromatic rings. The van der Waals surface area contributed by atoms with Gasteiger partial charge in [0.25, 0.3) is 0 Å². The Bertz CT molecular complexity index is 889. The summed E-state index contributed by atoms with van der Waals surface area (Å²) in [6.07, 6.45) is 0. The van der Waals surface area contributed by atoms with Gasteiger partial charge in [0, 0.05) is 6.04 Å². The highest BCUT2D eigenvalue weighted by Crippen LogP contribution is 2.21. The van der Waals surface area contributed by atoms with E-state index in [9.17, 15) is 8.42 Å². The topological polar surface area (TPSA) is 46.2 Å². The van der Waals surface area contributed by atoms with E-state index in [0.29, 0.717) is 0 Å². The molecule has 1 N–H and O–H groups in total. The minimum Gasteiger partial charge on any atom is -0.207 e. The highest BCUT2D eigenvalue weighted by molar-refractivity contribution is 7.89. The molecule has 112 valence electrons. The monoisotopic (exact) mass is 311 g/mol. The normalized spacial score (nSPS) is 13.1. The van der Waals surface area contributed by atoms with Crippen molar-refractivity contribution in [3.8, 4) is 0 Å². The van der Waals surface area contributed by atoms with Crippen LogP contribution < -0.4 is 4.72 Å². The lowest BCUT2D eigenvalue weighted by Gasteiger charge is -2.15. The van der Waals surface area contributed by atoms with E-state index in [1.54, 1.807) is 30.3 Å². The number of hydrogen-bond donors (Lipinski definition) is 1. The molecule has 0 aliphatic rings. The third-order valence-corrected chi connectivity index (χ3v) is 5.22. The van der Waals surface area contributed by atoms with E-state index < -0.39 is 10.0 Å². The Hall–Kier alpha value is -2.17. The minimum absolute atomic E-state index is 0.280. The number of benzene rings is 3. The van der Waals surface area contributed by atoms with E-state index >= 15 is 0 Å². The molecule has 4 heteroatoms. The molecule has 22 heavy (non-hydrogen) atoms. The minimum atomic E-state index is -3.51. The van der Waals surface area contributed by atoms with Crippen molar-refractivity contribution in [1.29, 1.82) is 0 Å². The standard InChI is InChI=1S/C18H17NO2S/c1-14(19-22(20,21)18-9-3-2-4-10-18)16-12-11-15-7-5-6-8-17(15)13-16/h2-14,19H,1H3. The average Bonchev–Trinajstić information content (AvgIpc) is 2.55. The SMILES string of the molecule is CC(NS(=O)(=O)c1ccccc1)c1ccc2ccccc2c1. The van der Waals surface area contributed by atoms with E-state index in [0.717, 1.165) is 16.3 Å². The smallest absolute Gasteiger partial charge is 0.207 e. The lowest BCUT2D eigenvalue weighted by Crippen LogP contribution is -2.26. The first-order valence-corrected chi connectivity index (χ1v) is 8.61. The maximum atomic E-state index is 12.4. The molecule has 0 bridgehead atoms. The fraction of sp³-hybridized carbons (Fsp3) is 0.111. The van der Waals surface area contributed by atoms with Crippen LogP contribution in [0, 0.1) is 0 Å². The summed E-state index contributed by atoms with van der Waals surface area (Å²) in [6, 6.07) is 22.1. The van der Waals surface area contributed by atoms with Crippen molar-refractivity contribution in [3.05, 3.63) is 78.4 Å². The Morgan fingerprint density at radius 2 is 1.45 bits per heavy atom. The Morgan fingerprint density at radius 3 is 2.18 bits per heavy atom. The van der Waals surface area contributed by atoms with E-state index in [1.807, 2.05) is 49.4 Å². The average molecular weight is 311 g/mol. The Kier molecular flexibility index (Phi) is 3.96. The highest BCUT2D eigenvalue weighted by Gasteiger charge is 2.18. The summed E-state index contributed by atoms with van der Waals surface area (Å²) in [5, 5.41) is 2.25. The summed E-state index contributed by atoms with van der Waals surface area (Å²) >= 11 is 0. The van der Waals surface area contributed by atoms with Crippen LogP contribution in [0.2, 0.25) is 0 Å². The second-order valence-electron chi connectivity index (χ2n) is 5.26. The number of fused-ring (bicyclic) bond motifs is 1. The van der Waals surface area contributed by atoms with E-state index in [1.165, 1.54) is 0 Å². The maximum Gasteiger partial charge on any atom is 0.241 e. The predicted octanol–water partition coefficient (Wildman–Crippen LogP) is 3.88. The molecule has 0 spiro atoms. The lowest BCUT2D eigenvalue weighted by molar-refractivity contribution is 0.567. The molecular weight excluding hydrogens is 294 g/mol. The molecule has 1 unspecified atom stereocenters. The van der Waals surface area contributed by atoms with E-state index in [-0.39, 0.29) is 10.9 Å². The van der Waals surface area contributed by atoms with Crippen molar-refractivity contribution in [2.45, 2.75) is 17.9 Å². The number of hydrogen-bond acceptors (Lipinski definition) is 2. The maximum absolute atomic E-state index is 12.4. The van der Waals surface area contributed by atoms with Gasteiger partial charge in [0.15, 0.2) is 0 Å². The van der Waals surface area contributed by atoms with Gasteiger partial charge in [0.05, 0.1) is 4.90 Å². The first-order valence-electron chi connectivity index (χ1n) is 7.12. The Balaban J connectivity index is 1.88. The van der Waals surface area contributed by atoms with Gasteiger partial charge < -0.3 is 0 Å².